The Kier molecular flexibility index (Phi) is 4.34. The summed E-state index contributed by atoms with van der Waals surface area (Å²) in [7, 11) is 5.51. The molecule has 104 valence electrons. The van der Waals surface area contributed by atoms with E-state index in [-0.39, 0.29) is 5.91 Å². The van der Waals surface area contributed by atoms with Crippen LogP contribution in [0.3, 0.4) is 0 Å². The molecule has 1 unspecified atom stereocenters. The summed E-state index contributed by atoms with van der Waals surface area (Å²) in [5.41, 5.74) is 0.756. The van der Waals surface area contributed by atoms with Crippen LogP contribution in [0.5, 0.6) is 0 Å². The molecule has 0 radical (unpaired) electrons. The molecule has 1 aromatic rings. The molecule has 0 N–H and O–H groups in total. The second-order valence-electron chi connectivity index (χ2n) is 4.57. The fourth-order valence-corrected chi connectivity index (χ4v) is 1.96. The highest BCUT2D eigenvalue weighted by Crippen LogP contribution is 2.25. The maximum Gasteiger partial charge on any atom is 0.258 e. The molecular weight excluding hydrogens is 246 g/mol. The SMILES string of the molecule is CN(C)c1ncccc1N(C)C(=O)C1COCCO1. The van der Waals surface area contributed by atoms with Crippen molar-refractivity contribution < 1.29 is 14.3 Å². The van der Waals surface area contributed by atoms with Crippen LogP contribution in [-0.2, 0) is 14.3 Å². The molecule has 1 aliphatic heterocycles. The third-order valence-corrected chi connectivity index (χ3v) is 2.97. The predicted octanol–water partition coefficient (Wildman–Crippen LogP) is 0.526. The van der Waals surface area contributed by atoms with Gasteiger partial charge in [0.25, 0.3) is 5.91 Å². The Morgan fingerprint density at radius 2 is 2.16 bits per heavy atom. The van der Waals surface area contributed by atoms with Crippen molar-refractivity contribution in [1.29, 1.82) is 0 Å². The van der Waals surface area contributed by atoms with Crippen LogP contribution in [0, 0.1) is 0 Å². The van der Waals surface area contributed by atoms with Gasteiger partial charge < -0.3 is 19.3 Å². The quantitative estimate of drug-likeness (QED) is 0.798. The van der Waals surface area contributed by atoms with E-state index in [1.54, 1.807) is 18.1 Å². The fraction of sp³-hybridized carbons (Fsp3) is 0.538. The summed E-state index contributed by atoms with van der Waals surface area (Å²) in [5.74, 6) is 0.630. The number of hydrogen-bond acceptors (Lipinski definition) is 5. The first-order valence-electron chi connectivity index (χ1n) is 6.20. The number of nitrogens with zero attached hydrogens (tertiary/aromatic N) is 3. The van der Waals surface area contributed by atoms with Crippen molar-refractivity contribution in [1.82, 2.24) is 4.98 Å². The Morgan fingerprint density at radius 3 is 2.79 bits per heavy atom. The van der Waals surface area contributed by atoms with Crippen LogP contribution in [0.1, 0.15) is 0 Å². The second-order valence-corrected chi connectivity index (χ2v) is 4.57. The lowest BCUT2D eigenvalue weighted by Gasteiger charge is -2.28. The first-order chi connectivity index (χ1) is 9.11. The van der Waals surface area contributed by atoms with Gasteiger partial charge in [0.2, 0.25) is 0 Å². The Morgan fingerprint density at radius 1 is 1.37 bits per heavy atom. The number of anilines is 2. The van der Waals surface area contributed by atoms with Gasteiger partial charge in [-0.1, -0.05) is 0 Å². The number of rotatable bonds is 3. The monoisotopic (exact) mass is 265 g/mol. The second kappa shape index (κ2) is 5.99. The Balaban J connectivity index is 2.18. The molecule has 2 rings (SSSR count). The van der Waals surface area contributed by atoms with E-state index in [1.165, 1.54) is 0 Å². The van der Waals surface area contributed by atoms with Crippen LogP contribution in [0.15, 0.2) is 18.3 Å². The lowest BCUT2D eigenvalue weighted by atomic mass is 10.2. The first kappa shape index (κ1) is 13.8. The summed E-state index contributed by atoms with van der Waals surface area (Å²) in [6.07, 6.45) is 1.17. The van der Waals surface area contributed by atoms with Gasteiger partial charge in [-0.25, -0.2) is 4.98 Å². The van der Waals surface area contributed by atoms with Crippen molar-refractivity contribution in [3.8, 4) is 0 Å². The summed E-state index contributed by atoms with van der Waals surface area (Å²) in [6, 6.07) is 3.67. The minimum atomic E-state index is -0.533. The van der Waals surface area contributed by atoms with E-state index in [0.29, 0.717) is 19.8 Å². The average molecular weight is 265 g/mol. The van der Waals surface area contributed by atoms with Gasteiger partial charge in [-0.15, -0.1) is 0 Å². The molecule has 6 heteroatoms. The van der Waals surface area contributed by atoms with Gasteiger partial charge in [0, 0.05) is 27.3 Å². The van der Waals surface area contributed by atoms with Gasteiger partial charge in [-0.2, -0.15) is 0 Å². The molecule has 19 heavy (non-hydrogen) atoms. The van der Waals surface area contributed by atoms with E-state index < -0.39 is 6.10 Å². The van der Waals surface area contributed by atoms with Crippen molar-refractivity contribution in [3.63, 3.8) is 0 Å². The molecule has 1 aliphatic rings. The molecule has 0 aliphatic carbocycles. The molecule has 1 amide bonds. The summed E-state index contributed by atoms with van der Waals surface area (Å²) in [6.45, 7) is 1.31. The average Bonchev–Trinajstić information content (AvgIpc) is 2.46. The van der Waals surface area contributed by atoms with Gasteiger partial charge in [0.15, 0.2) is 11.9 Å². The first-order valence-corrected chi connectivity index (χ1v) is 6.20. The van der Waals surface area contributed by atoms with Crippen molar-refractivity contribution in [2.75, 3.05) is 50.8 Å². The Labute approximate surface area is 112 Å². The van der Waals surface area contributed by atoms with E-state index in [1.807, 2.05) is 31.1 Å². The number of likely N-dealkylation sites (N-methyl/N-ethyl adjacent to an activating group) is 1. The van der Waals surface area contributed by atoms with E-state index in [4.69, 9.17) is 9.47 Å². The van der Waals surface area contributed by atoms with Crippen LogP contribution >= 0.6 is 0 Å². The molecule has 0 bridgehead atoms. The van der Waals surface area contributed by atoms with Crippen molar-refractivity contribution in [3.05, 3.63) is 18.3 Å². The molecule has 1 atom stereocenters. The third kappa shape index (κ3) is 3.02. The highest BCUT2D eigenvalue weighted by atomic mass is 16.6. The van der Waals surface area contributed by atoms with E-state index >= 15 is 0 Å². The van der Waals surface area contributed by atoms with Crippen LogP contribution in [-0.4, -0.2) is 58.0 Å². The van der Waals surface area contributed by atoms with Crippen LogP contribution in [0.25, 0.3) is 0 Å². The number of amides is 1. The molecule has 6 nitrogen and oxygen atoms in total. The van der Waals surface area contributed by atoms with Crippen LogP contribution in [0.2, 0.25) is 0 Å². The van der Waals surface area contributed by atoms with Gasteiger partial charge >= 0.3 is 0 Å². The smallest absolute Gasteiger partial charge is 0.258 e. The lowest BCUT2D eigenvalue weighted by Crippen LogP contribution is -2.44. The molecule has 1 fully saturated rings. The van der Waals surface area contributed by atoms with Gasteiger partial charge in [-0.05, 0) is 12.1 Å². The Bertz CT molecular complexity index is 445. The topological polar surface area (TPSA) is 54.9 Å². The standard InChI is InChI=1S/C13H19N3O3/c1-15(2)12-10(5-4-6-14-12)16(3)13(17)11-9-18-7-8-19-11/h4-6,11H,7-9H2,1-3H3. The molecule has 1 aromatic heterocycles. The highest BCUT2D eigenvalue weighted by Gasteiger charge is 2.27. The maximum atomic E-state index is 12.3. The zero-order valence-corrected chi connectivity index (χ0v) is 11.5. The van der Waals surface area contributed by atoms with Crippen LogP contribution in [0.4, 0.5) is 11.5 Å². The van der Waals surface area contributed by atoms with Crippen molar-refractivity contribution >= 4 is 17.4 Å². The summed E-state index contributed by atoms with van der Waals surface area (Å²) < 4.78 is 10.7. The number of hydrogen-bond donors (Lipinski definition) is 0. The van der Waals surface area contributed by atoms with E-state index in [0.717, 1.165) is 11.5 Å². The van der Waals surface area contributed by atoms with Gasteiger partial charge in [0.1, 0.15) is 0 Å². The Hall–Kier alpha value is -1.66. The number of aromatic nitrogens is 1. The minimum absolute atomic E-state index is 0.115. The van der Waals surface area contributed by atoms with Gasteiger partial charge in [-0.3, -0.25) is 4.79 Å². The number of carbonyl (C=O) groups excluding carboxylic acids is 1. The largest absolute Gasteiger partial charge is 0.376 e. The molecular formula is C13H19N3O3. The number of carbonyl (C=O) groups is 1. The van der Waals surface area contributed by atoms with Crippen molar-refractivity contribution in [2.24, 2.45) is 0 Å². The zero-order chi connectivity index (χ0) is 13.8. The molecule has 2 heterocycles. The van der Waals surface area contributed by atoms with E-state index in [9.17, 15) is 4.79 Å². The molecule has 0 aromatic carbocycles. The number of pyridine rings is 1. The summed E-state index contributed by atoms with van der Waals surface area (Å²) in [4.78, 5) is 20.1. The predicted molar refractivity (Wildman–Crippen MR) is 72.5 cm³/mol. The third-order valence-electron chi connectivity index (χ3n) is 2.97. The summed E-state index contributed by atoms with van der Waals surface area (Å²) >= 11 is 0. The summed E-state index contributed by atoms with van der Waals surface area (Å²) in [5, 5.41) is 0. The van der Waals surface area contributed by atoms with E-state index in [2.05, 4.69) is 4.98 Å². The highest BCUT2D eigenvalue weighted by molar-refractivity contribution is 5.98. The van der Waals surface area contributed by atoms with Gasteiger partial charge in [0.05, 0.1) is 25.5 Å². The minimum Gasteiger partial charge on any atom is -0.376 e. The normalized spacial score (nSPS) is 19.0. The molecule has 0 saturated carbocycles. The maximum absolute atomic E-state index is 12.3. The van der Waals surface area contributed by atoms with Crippen molar-refractivity contribution in [2.45, 2.75) is 6.10 Å². The lowest BCUT2D eigenvalue weighted by molar-refractivity contribution is -0.144. The van der Waals surface area contributed by atoms with Crippen LogP contribution < -0.4 is 9.80 Å². The number of ether oxygens (including phenoxy) is 2. The zero-order valence-electron chi connectivity index (χ0n) is 11.5. The molecule has 0 spiro atoms. The molecule has 1 saturated heterocycles. The fourth-order valence-electron chi connectivity index (χ4n) is 1.96.